The third-order valence-electron chi connectivity index (χ3n) is 3.18. The van der Waals surface area contributed by atoms with Crippen LogP contribution in [0.4, 0.5) is 0 Å². The molecule has 0 fully saturated rings. The molecule has 0 radical (unpaired) electrons. The standard InChI is InChI=1S/C14H9Cl3N2O2/c15-9-5-7(6-18-14(9)17)21-11-3-2-10(20)8-1-4-12(16)19-13(8)11/h1,4-6,11H,2-3H2. The van der Waals surface area contributed by atoms with Crippen LogP contribution in [0.1, 0.15) is 35.0 Å². The number of pyridine rings is 2. The zero-order valence-corrected chi connectivity index (χ0v) is 12.9. The number of hydrogen-bond donors (Lipinski definition) is 0. The van der Waals surface area contributed by atoms with Crippen molar-refractivity contribution in [3.05, 3.63) is 51.0 Å². The Morgan fingerprint density at radius 2 is 2.05 bits per heavy atom. The predicted molar refractivity (Wildman–Crippen MR) is 80.4 cm³/mol. The molecule has 3 rings (SSSR count). The fraction of sp³-hybridized carbons (Fsp3) is 0.214. The van der Waals surface area contributed by atoms with Crippen LogP contribution in [-0.2, 0) is 0 Å². The summed E-state index contributed by atoms with van der Waals surface area (Å²) in [5.74, 6) is 0.512. The van der Waals surface area contributed by atoms with E-state index in [1.807, 2.05) is 0 Å². The summed E-state index contributed by atoms with van der Waals surface area (Å²) < 4.78 is 5.84. The van der Waals surface area contributed by atoms with E-state index in [1.165, 1.54) is 6.20 Å². The number of hydrogen-bond acceptors (Lipinski definition) is 4. The predicted octanol–water partition coefficient (Wildman–Crippen LogP) is 4.53. The molecule has 4 nitrogen and oxygen atoms in total. The van der Waals surface area contributed by atoms with Crippen molar-refractivity contribution in [2.45, 2.75) is 18.9 Å². The molecular formula is C14H9Cl3N2O2. The van der Waals surface area contributed by atoms with Crippen molar-refractivity contribution in [1.82, 2.24) is 9.97 Å². The average molecular weight is 344 g/mol. The molecule has 2 heterocycles. The van der Waals surface area contributed by atoms with Crippen LogP contribution in [0.15, 0.2) is 24.4 Å². The first-order chi connectivity index (χ1) is 10.0. The summed E-state index contributed by atoms with van der Waals surface area (Å²) in [7, 11) is 0. The number of ketones is 1. The number of carbonyl (C=O) groups excluding carboxylic acids is 1. The molecule has 0 saturated carbocycles. The van der Waals surface area contributed by atoms with Gasteiger partial charge in [-0.1, -0.05) is 34.8 Å². The lowest BCUT2D eigenvalue weighted by atomic mass is 9.92. The first kappa shape index (κ1) is 14.6. The molecule has 1 aliphatic carbocycles. The van der Waals surface area contributed by atoms with Gasteiger partial charge in [0, 0.05) is 18.1 Å². The van der Waals surface area contributed by atoms with Crippen LogP contribution < -0.4 is 4.74 Å². The van der Waals surface area contributed by atoms with Crippen LogP contribution in [0.5, 0.6) is 5.75 Å². The fourth-order valence-electron chi connectivity index (χ4n) is 2.21. The average Bonchev–Trinajstić information content (AvgIpc) is 2.46. The van der Waals surface area contributed by atoms with Crippen LogP contribution in [0.2, 0.25) is 15.3 Å². The van der Waals surface area contributed by atoms with E-state index in [2.05, 4.69) is 9.97 Å². The van der Waals surface area contributed by atoms with Gasteiger partial charge >= 0.3 is 0 Å². The fourth-order valence-corrected chi connectivity index (χ4v) is 2.63. The minimum absolute atomic E-state index is 0.0429. The minimum Gasteiger partial charge on any atom is -0.482 e. The highest BCUT2D eigenvalue weighted by Crippen LogP contribution is 2.34. The van der Waals surface area contributed by atoms with E-state index < -0.39 is 0 Å². The van der Waals surface area contributed by atoms with Gasteiger partial charge in [0.2, 0.25) is 0 Å². The summed E-state index contributed by atoms with van der Waals surface area (Å²) in [4.78, 5) is 20.1. The van der Waals surface area contributed by atoms with E-state index >= 15 is 0 Å². The third kappa shape index (κ3) is 2.98. The Kier molecular flexibility index (Phi) is 4.02. The Labute approximate surface area is 136 Å². The Morgan fingerprint density at radius 3 is 2.81 bits per heavy atom. The first-order valence-corrected chi connectivity index (χ1v) is 7.35. The zero-order valence-electron chi connectivity index (χ0n) is 10.6. The number of fused-ring (bicyclic) bond motifs is 1. The first-order valence-electron chi connectivity index (χ1n) is 6.22. The van der Waals surface area contributed by atoms with Crippen molar-refractivity contribution in [3.8, 4) is 5.75 Å². The van der Waals surface area contributed by atoms with Crippen molar-refractivity contribution in [1.29, 1.82) is 0 Å². The van der Waals surface area contributed by atoms with E-state index in [1.54, 1.807) is 18.2 Å². The molecule has 2 aromatic rings. The van der Waals surface area contributed by atoms with Gasteiger partial charge < -0.3 is 4.74 Å². The van der Waals surface area contributed by atoms with E-state index in [0.717, 1.165) is 0 Å². The molecule has 0 aromatic carbocycles. The Hall–Kier alpha value is -1.36. The molecule has 108 valence electrons. The maximum atomic E-state index is 11.9. The summed E-state index contributed by atoms with van der Waals surface area (Å²) >= 11 is 17.6. The Morgan fingerprint density at radius 1 is 1.24 bits per heavy atom. The Bertz CT molecular complexity index is 721. The van der Waals surface area contributed by atoms with Gasteiger partial charge in [-0.3, -0.25) is 4.79 Å². The monoisotopic (exact) mass is 342 g/mol. The second-order valence-corrected chi connectivity index (χ2v) is 5.73. The van der Waals surface area contributed by atoms with Crippen LogP contribution in [0.3, 0.4) is 0 Å². The quantitative estimate of drug-likeness (QED) is 0.752. The summed E-state index contributed by atoms with van der Waals surface area (Å²) in [6.07, 6.45) is 2.04. The zero-order chi connectivity index (χ0) is 15.0. The van der Waals surface area contributed by atoms with Crippen LogP contribution in [-0.4, -0.2) is 15.8 Å². The highest BCUT2D eigenvalue weighted by Gasteiger charge is 2.29. The van der Waals surface area contributed by atoms with E-state index in [-0.39, 0.29) is 17.0 Å². The number of aromatic nitrogens is 2. The van der Waals surface area contributed by atoms with Gasteiger partial charge in [0.05, 0.1) is 16.9 Å². The van der Waals surface area contributed by atoms with E-state index in [0.29, 0.717) is 40.0 Å². The second-order valence-electron chi connectivity index (χ2n) is 4.58. The maximum absolute atomic E-state index is 11.9. The second kappa shape index (κ2) is 5.79. The molecule has 0 aliphatic heterocycles. The maximum Gasteiger partial charge on any atom is 0.165 e. The van der Waals surface area contributed by atoms with Crippen LogP contribution in [0, 0.1) is 0 Å². The number of ether oxygens (including phenoxy) is 1. The molecule has 0 N–H and O–H groups in total. The molecular weight excluding hydrogens is 335 g/mol. The molecule has 21 heavy (non-hydrogen) atoms. The number of halogens is 3. The third-order valence-corrected chi connectivity index (χ3v) is 4.08. The van der Waals surface area contributed by atoms with Crippen molar-refractivity contribution >= 4 is 40.6 Å². The van der Waals surface area contributed by atoms with Crippen molar-refractivity contribution < 1.29 is 9.53 Å². The van der Waals surface area contributed by atoms with Gasteiger partial charge in [-0.05, 0) is 18.6 Å². The molecule has 2 aromatic heterocycles. The van der Waals surface area contributed by atoms with Gasteiger partial charge in [-0.2, -0.15) is 0 Å². The van der Waals surface area contributed by atoms with E-state index in [9.17, 15) is 4.79 Å². The molecule has 0 spiro atoms. The molecule has 0 saturated heterocycles. The topological polar surface area (TPSA) is 52.1 Å². The summed E-state index contributed by atoms with van der Waals surface area (Å²) in [6, 6.07) is 4.86. The number of Topliss-reactive ketones (excluding diaryl/α,β-unsaturated/α-hetero) is 1. The van der Waals surface area contributed by atoms with Gasteiger partial charge in [0.15, 0.2) is 5.78 Å². The smallest absolute Gasteiger partial charge is 0.165 e. The molecule has 0 amide bonds. The highest BCUT2D eigenvalue weighted by molar-refractivity contribution is 6.41. The summed E-state index contributed by atoms with van der Waals surface area (Å²) in [5.41, 5.74) is 1.09. The summed E-state index contributed by atoms with van der Waals surface area (Å²) in [6.45, 7) is 0. The Balaban J connectivity index is 1.93. The number of carbonyl (C=O) groups is 1. The van der Waals surface area contributed by atoms with Gasteiger partial charge in [-0.25, -0.2) is 9.97 Å². The molecule has 1 atom stereocenters. The van der Waals surface area contributed by atoms with Gasteiger partial charge in [0.25, 0.3) is 0 Å². The van der Waals surface area contributed by atoms with Gasteiger partial charge in [0.1, 0.15) is 22.2 Å². The van der Waals surface area contributed by atoms with Crippen molar-refractivity contribution in [2.75, 3.05) is 0 Å². The molecule has 1 unspecified atom stereocenters. The molecule has 7 heteroatoms. The lowest BCUT2D eigenvalue weighted by molar-refractivity contribution is 0.0915. The molecule has 0 bridgehead atoms. The van der Waals surface area contributed by atoms with Crippen molar-refractivity contribution in [3.63, 3.8) is 0 Å². The minimum atomic E-state index is -0.365. The van der Waals surface area contributed by atoms with Crippen molar-refractivity contribution in [2.24, 2.45) is 0 Å². The van der Waals surface area contributed by atoms with Crippen LogP contribution in [0.25, 0.3) is 0 Å². The molecule has 1 aliphatic rings. The lowest BCUT2D eigenvalue weighted by Gasteiger charge is -2.24. The SMILES string of the molecule is O=C1CCC(Oc2cnc(Cl)c(Cl)c2)c2nc(Cl)ccc21. The summed E-state index contributed by atoms with van der Waals surface area (Å²) in [5, 5.41) is 0.842. The van der Waals surface area contributed by atoms with Crippen LogP contribution >= 0.6 is 34.8 Å². The highest BCUT2D eigenvalue weighted by atomic mass is 35.5. The number of nitrogens with zero attached hydrogens (tertiary/aromatic N) is 2. The van der Waals surface area contributed by atoms with Gasteiger partial charge in [-0.15, -0.1) is 0 Å². The normalized spacial score (nSPS) is 17.5. The van der Waals surface area contributed by atoms with E-state index in [4.69, 9.17) is 39.5 Å². The lowest BCUT2D eigenvalue weighted by Crippen LogP contribution is -2.21. The largest absolute Gasteiger partial charge is 0.482 e. The number of rotatable bonds is 2.